The van der Waals surface area contributed by atoms with Crippen molar-refractivity contribution in [1.29, 1.82) is 0 Å². The molecule has 0 aromatic heterocycles. The number of esters is 1. The second-order valence-electron chi connectivity index (χ2n) is 3.15. The molecule has 0 aliphatic carbocycles. The summed E-state index contributed by atoms with van der Waals surface area (Å²) in [6.07, 6.45) is 0.788. The van der Waals surface area contributed by atoms with Gasteiger partial charge in [-0.05, 0) is 36.4 Å². The fourth-order valence-corrected chi connectivity index (χ4v) is 1.82. The molecule has 0 saturated heterocycles. The number of aliphatic hydroxyl groups is 1. The lowest BCUT2D eigenvalue weighted by Crippen LogP contribution is -2.14. The highest BCUT2D eigenvalue weighted by Gasteiger charge is 2.19. The van der Waals surface area contributed by atoms with Crippen LogP contribution in [-0.4, -0.2) is 24.4 Å². The second kappa shape index (κ2) is 5.19. The highest BCUT2D eigenvalue weighted by atomic mass is 32.2. The van der Waals surface area contributed by atoms with E-state index >= 15 is 0 Å². The van der Waals surface area contributed by atoms with Crippen LogP contribution >= 0.6 is 11.8 Å². The Hall–Kier alpha value is -1.00. The van der Waals surface area contributed by atoms with Crippen LogP contribution in [0.25, 0.3) is 0 Å². The van der Waals surface area contributed by atoms with Crippen molar-refractivity contribution in [3.63, 3.8) is 0 Å². The number of thioether (sulfide) groups is 1. The summed E-state index contributed by atoms with van der Waals surface area (Å²) in [5, 5.41) is 9.65. The zero-order valence-corrected chi connectivity index (χ0v) is 9.80. The zero-order chi connectivity index (χ0) is 11.4. The van der Waals surface area contributed by atoms with Gasteiger partial charge in [-0.2, -0.15) is 0 Å². The van der Waals surface area contributed by atoms with Crippen molar-refractivity contribution < 1.29 is 14.6 Å². The van der Waals surface area contributed by atoms with Crippen LogP contribution in [0.15, 0.2) is 23.1 Å². The van der Waals surface area contributed by atoms with Crippen molar-refractivity contribution in [2.45, 2.75) is 17.9 Å². The summed E-state index contributed by atoms with van der Waals surface area (Å²) in [6.45, 7) is 1.86. The van der Waals surface area contributed by atoms with Crippen LogP contribution in [0.4, 0.5) is 0 Å². The maximum atomic E-state index is 11.1. The molecule has 4 heteroatoms. The van der Waals surface area contributed by atoms with Gasteiger partial charge < -0.3 is 9.84 Å². The minimum Gasteiger partial charge on any atom is -0.467 e. The Kier molecular flexibility index (Phi) is 4.17. The highest BCUT2D eigenvalue weighted by molar-refractivity contribution is 7.98. The van der Waals surface area contributed by atoms with Gasteiger partial charge in [0.15, 0.2) is 6.10 Å². The minimum absolute atomic E-state index is 0.597. The molecule has 1 N–H and O–H groups in total. The molecule has 3 nitrogen and oxygen atoms in total. The summed E-state index contributed by atoms with van der Waals surface area (Å²) in [7, 11) is 1.26. The van der Waals surface area contributed by atoms with Crippen LogP contribution < -0.4 is 0 Å². The predicted octanol–water partition coefficient (Wildman–Crippen LogP) is 1.92. The molecule has 0 radical (unpaired) electrons. The van der Waals surface area contributed by atoms with Gasteiger partial charge in [0.2, 0.25) is 0 Å². The summed E-state index contributed by atoms with van der Waals surface area (Å²) in [4.78, 5) is 12.2. The first-order chi connectivity index (χ1) is 7.10. The number of ether oxygens (including phenoxy) is 1. The summed E-state index contributed by atoms with van der Waals surface area (Å²) in [5.74, 6) is -0.630. The van der Waals surface area contributed by atoms with E-state index in [1.54, 1.807) is 17.8 Å². The summed E-state index contributed by atoms with van der Waals surface area (Å²) >= 11 is 1.62. The molecule has 1 aromatic carbocycles. The average molecular weight is 226 g/mol. The van der Waals surface area contributed by atoms with Crippen LogP contribution in [-0.2, 0) is 9.53 Å². The Bertz CT molecular complexity index is 363. The van der Waals surface area contributed by atoms with E-state index in [9.17, 15) is 9.90 Å². The smallest absolute Gasteiger partial charge is 0.339 e. The van der Waals surface area contributed by atoms with Crippen LogP contribution in [0.2, 0.25) is 0 Å². The summed E-state index contributed by atoms with van der Waals surface area (Å²) in [5.41, 5.74) is 1.49. The van der Waals surface area contributed by atoms with Gasteiger partial charge in [0.25, 0.3) is 0 Å². The number of aryl methyl sites for hydroxylation is 1. The Balaban J connectivity index is 3.00. The fourth-order valence-electron chi connectivity index (χ4n) is 1.32. The number of methoxy groups -OCH3 is 1. The number of carbonyl (C=O) groups is 1. The third-order valence-electron chi connectivity index (χ3n) is 2.20. The van der Waals surface area contributed by atoms with E-state index in [1.807, 2.05) is 25.3 Å². The largest absolute Gasteiger partial charge is 0.467 e. The van der Waals surface area contributed by atoms with Gasteiger partial charge in [-0.1, -0.05) is 6.07 Å². The highest BCUT2D eigenvalue weighted by Crippen LogP contribution is 2.23. The molecule has 0 spiro atoms. The Morgan fingerprint density at radius 2 is 2.20 bits per heavy atom. The van der Waals surface area contributed by atoms with Crippen molar-refractivity contribution in [1.82, 2.24) is 0 Å². The Labute approximate surface area is 93.4 Å². The molecule has 0 aliphatic heterocycles. The van der Waals surface area contributed by atoms with Gasteiger partial charge in [0.1, 0.15) is 0 Å². The second-order valence-corrected chi connectivity index (χ2v) is 4.03. The average Bonchev–Trinajstić information content (AvgIpc) is 2.26. The topological polar surface area (TPSA) is 46.5 Å². The first-order valence-electron chi connectivity index (χ1n) is 4.50. The van der Waals surface area contributed by atoms with E-state index in [4.69, 9.17) is 0 Å². The number of hydrogen-bond acceptors (Lipinski definition) is 4. The quantitative estimate of drug-likeness (QED) is 0.632. The number of benzene rings is 1. The zero-order valence-electron chi connectivity index (χ0n) is 8.98. The Morgan fingerprint density at radius 1 is 1.53 bits per heavy atom. The predicted molar refractivity (Wildman–Crippen MR) is 59.9 cm³/mol. The molecule has 0 bridgehead atoms. The standard InChI is InChI=1S/C11H14O3S/c1-7-6-8(15-3)4-5-9(7)10(12)11(13)14-2/h4-6,10,12H,1-3H3. The molecular formula is C11H14O3S. The molecule has 1 atom stereocenters. The van der Waals surface area contributed by atoms with Gasteiger partial charge in [-0.3, -0.25) is 0 Å². The molecule has 82 valence electrons. The van der Waals surface area contributed by atoms with Gasteiger partial charge in [-0.25, -0.2) is 4.79 Å². The van der Waals surface area contributed by atoms with Crippen molar-refractivity contribution in [2.75, 3.05) is 13.4 Å². The van der Waals surface area contributed by atoms with Crippen LogP contribution in [0.5, 0.6) is 0 Å². The molecule has 1 unspecified atom stereocenters. The van der Waals surface area contributed by atoms with Gasteiger partial charge in [-0.15, -0.1) is 11.8 Å². The van der Waals surface area contributed by atoms with E-state index in [-0.39, 0.29) is 0 Å². The van der Waals surface area contributed by atoms with Crippen LogP contribution in [0.3, 0.4) is 0 Å². The monoisotopic (exact) mass is 226 g/mol. The number of hydrogen-bond donors (Lipinski definition) is 1. The third kappa shape index (κ3) is 2.73. The summed E-state index contributed by atoms with van der Waals surface area (Å²) < 4.78 is 4.48. The van der Waals surface area contributed by atoms with Gasteiger partial charge in [0, 0.05) is 4.90 Å². The molecule has 0 heterocycles. The first kappa shape index (κ1) is 12.1. The fraction of sp³-hybridized carbons (Fsp3) is 0.364. The first-order valence-corrected chi connectivity index (χ1v) is 5.73. The third-order valence-corrected chi connectivity index (χ3v) is 2.92. The van der Waals surface area contributed by atoms with Crippen molar-refractivity contribution >= 4 is 17.7 Å². The lowest BCUT2D eigenvalue weighted by molar-refractivity contribution is -0.150. The van der Waals surface area contributed by atoms with Crippen LogP contribution in [0.1, 0.15) is 17.2 Å². The van der Waals surface area contributed by atoms with E-state index in [0.717, 1.165) is 10.5 Å². The van der Waals surface area contributed by atoms with E-state index in [0.29, 0.717) is 5.56 Å². The van der Waals surface area contributed by atoms with Gasteiger partial charge >= 0.3 is 5.97 Å². The summed E-state index contributed by atoms with van der Waals surface area (Å²) in [6, 6.07) is 5.56. The molecule has 15 heavy (non-hydrogen) atoms. The SMILES string of the molecule is COC(=O)C(O)c1ccc(SC)cc1C. The molecule has 0 saturated carbocycles. The maximum Gasteiger partial charge on any atom is 0.339 e. The van der Waals surface area contributed by atoms with E-state index < -0.39 is 12.1 Å². The number of aliphatic hydroxyl groups excluding tert-OH is 1. The van der Waals surface area contributed by atoms with E-state index in [1.165, 1.54) is 7.11 Å². The number of rotatable bonds is 3. The minimum atomic E-state index is -1.19. The van der Waals surface area contributed by atoms with Gasteiger partial charge in [0.05, 0.1) is 7.11 Å². The number of carbonyl (C=O) groups excluding carboxylic acids is 1. The van der Waals surface area contributed by atoms with Crippen molar-refractivity contribution in [2.24, 2.45) is 0 Å². The maximum absolute atomic E-state index is 11.1. The molecular weight excluding hydrogens is 212 g/mol. The lowest BCUT2D eigenvalue weighted by Gasteiger charge is -2.12. The van der Waals surface area contributed by atoms with Crippen LogP contribution in [0, 0.1) is 6.92 Å². The van der Waals surface area contributed by atoms with Crippen molar-refractivity contribution in [3.05, 3.63) is 29.3 Å². The van der Waals surface area contributed by atoms with Crippen molar-refractivity contribution in [3.8, 4) is 0 Å². The lowest BCUT2D eigenvalue weighted by atomic mass is 10.0. The normalized spacial score (nSPS) is 12.3. The molecule has 0 fully saturated rings. The molecule has 0 aliphatic rings. The molecule has 1 aromatic rings. The van der Waals surface area contributed by atoms with E-state index in [2.05, 4.69) is 4.74 Å². The molecule has 1 rings (SSSR count). The molecule has 0 amide bonds. The Morgan fingerprint density at radius 3 is 2.67 bits per heavy atom.